The number of alkyl halides is 3. The van der Waals surface area contributed by atoms with E-state index in [-0.39, 0.29) is 11.2 Å². The lowest BCUT2D eigenvalue weighted by molar-refractivity contribution is -0.172. The van der Waals surface area contributed by atoms with Gasteiger partial charge in [0.1, 0.15) is 11.7 Å². The first-order valence-corrected chi connectivity index (χ1v) is 4.23. The second kappa shape index (κ2) is 4.28. The van der Waals surface area contributed by atoms with Gasteiger partial charge in [0.05, 0.1) is 7.11 Å². The molecule has 0 saturated carbocycles. The molecular formula is C8H10BF3O3. The van der Waals surface area contributed by atoms with E-state index in [0.717, 1.165) is 13.2 Å². The van der Waals surface area contributed by atoms with Crippen LogP contribution in [-0.4, -0.2) is 30.5 Å². The van der Waals surface area contributed by atoms with Gasteiger partial charge in [-0.3, -0.25) is 0 Å². The molecule has 0 saturated heterocycles. The highest BCUT2D eigenvalue weighted by Crippen LogP contribution is 2.39. The molecule has 0 amide bonds. The second-order valence-corrected chi connectivity index (χ2v) is 3.19. The van der Waals surface area contributed by atoms with Gasteiger partial charge in [-0.2, -0.15) is 13.2 Å². The van der Waals surface area contributed by atoms with E-state index in [2.05, 4.69) is 4.74 Å². The number of allylic oxidation sites excluding steroid dienone is 4. The van der Waals surface area contributed by atoms with Gasteiger partial charge < -0.3 is 14.8 Å². The van der Waals surface area contributed by atoms with Crippen LogP contribution in [0.2, 0.25) is 0 Å². The zero-order chi connectivity index (χ0) is 11.6. The highest BCUT2D eigenvalue weighted by atomic mass is 19.4. The zero-order valence-electron chi connectivity index (χ0n) is 7.95. The van der Waals surface area contributed by atoms with Gasteiger partial charge in [0.25, 0.3) is 0 Å². The van der Waals surface area contributed by atoms with Crippen LogP contribution in [0.15, 0.2) is 23.4 Å². The van der Waals surface area contributed by atoms with Crippen molar-refractivity contribution in [1.29, 1.82) is 0 Å². The molecule has 15 heavy (non-hydrogen) atoms. The molecule has 1 rings (SSSR count). The fraction of sp³-hybridized carbons (Fsp3) is 0.500. The van der Waals surface area contributed by atoms with Crippen LogP contribution in [0, 0.1) is 5.92 Å². The van der Waals surface area contributed by atoms with Crippen molar-refractivity contribution >= 4 is 7.12 Å². The van der Waals surface area contributed by atoms with Crippen LogP contribution in [0.25, 0.3) is 0 Å². The minimum Gasteiger partial charge on any atom is -0.500 e. The van der Waals surface area contributed by atoms with Crippen molar-refractivity contribution in [3.8, 4) is 0 Å². The van der Waals surface area contributed by atoms with Crippen LogP contribution in [0.5, 0.6) is 0 Å². The average molecular weight is 222 g/mol. The molecule has 0 aromatic heterocycles. The Hall–Kier alpha value is -0.945. The van der Waals surface area contributed by atoms with Crippen LogP contribution in [0.3, 0.4) is 0 Å². The molecule has 2 N–H and O–H groups in total. The van der Waals surface area contributed by atoms with Gasteiger partial charge in [-0.05, 0) is 18.0 Å². The largest absolute Gasteiger partial charge is 0.500 e. The molecule has 1 atom stereocenters. The number of methoxy groups -OCH3 is 1. The van der Waals surface area contributed by atoms with Crippen molar-refractivity contribution in [3.05, 3.63) is 23.4 Å². The third-order valence-electron chi connectivity index (χ3n) is 2.21. The molecule has 3 nitrogen and oxygen atoms in total. The maximum absolute atomic E-state index is 12.5. The molecular weight excluding hydrogens is 212 g/mol. The average Bonchev–Trinajstić information content (AvgIpc) is 2.15. The summed E-state index contributed by atoms with van der Waals surface area (Å²) in [6.45, 7) is 0. The van der Waals surface area contributed by atoms with Crippen LogP contribution in [0.4, 0.5) is 13.2 Å². The summed E-state index contributed by atoms with van der Waals surface area (Å²) < 4.78 is 42.1. The lowest BCUT2D eigenvalue weighted by Gasteiger charge is -2.25. The van der Waals surface area contributed by atoms with E-state index in [0.29, 0.717) is 0 Å². The number of hydrogen-bond acceptors (Lipinski definition) is 3. The number of hydrogen-bond donors (Lipinski definition) is 2. The van der Waals surface area contributed by atoms with E-state index < -0.39 is 25.6 Å². The molecule has 0 bridgehead atoms. The molecule has 0 fully saturated rings. The van der Waals surface area contributed by atoms with Crippen molar-refractivity contribution in [2.45, 2.75) is 12.6 Å². The summed E-state index contributed by atoms with van der Waals surface area (Å²) in [4.78, 5) is 0. The Kier molecular flexibility index (Phi) is 3.46. The van der Waals surface area contributed by atoms with E-state index in [4.69, 9.17) is 10.0 Å². The summed E-state index contributed by atoms with van der Waals surface area (Å²) in [6, 6.07) is 0. The molecule has 7 heteroatoms. The van der Waals surface area contributed by atoms with Crippen LogP contribution in [-0.2, 0) is 4.74 Å². The lowest BCUT2D eigenvalue weighted by atomic mass is 9.71. The maximum atomic E-state index is 12.5. The predicted octanol–water partition coefficient (Wildman–Crippen LogP) is 1.04. The van der Waals surface area contributed by atoms with Gasteiger partial charge in [-0.15, -0.1) is 0 Å². The first-order chi connectivity index (χ1) is 6.86. The van der Waals surface area contributed by atoms with E-state index in [1.165, 1.54) is 6.08 Å². The predicted molar refractivity (Wildman–Crippen MR) is 47.5 cm³/mol. The Morgan fingerprint density at radius 3 is 2.40 bits per heavy atom. The topological polar surface area (TPSA) is 49.7 Å². The van der Waals surface area contributed by atoms with E-state index in [9.17, 15) is 13.2 Å². The normalized spacial score (nSPS) is 21.9. The molecule has 1 aliphatic rings. The SMILES string of the molecule is COC1=CC=C(B(O)O)CC1C(F)(F)F. The van der Waals surface area contributed by atoms with Crippen molar-refractivity contribution in [2.75, 3.05) is 7.11 Å². The minimum atomic E-state index is -4.45. The first-order valence-electron chi connectivity index (χ1n) is 4.23. The Morgan fingerprint density at radius 2 is 2.00 bits per heavy atom. The Morgan fingerprint density at radius 1 is 1.40 bits per heavy atom. The van der Waals surface area contributed by atoms with Crippen molar-refractivity contribution < 1.29 is 28.0 Å². The molecule has 1 unspecified atom stereocenters. The number of rotatable bonds is 2. The van der Waals surface area contributed by atoms with Gasteiger partial charge in [0, 0.05) is 0 Å². The van der Waals surface area contributed by atoms with Crippen LogP contribution >= 0.6 is 0 Å². The van der Waals surface area contributed by atoms with Gasteiger partial charge in [0.15, 0.2) is 0 Å². The highest BCUT2D eigenvalue weighted by Gasteiger charge is 2.45. The Balaban J connectivity index is 2.93. The smallest absolute Gasteiger partial charge is 0.484 e. The second-order valence-electron chi connectivity index (χ2n) is 3.19. The molecule has 1 aliphatic carbocycles. The minimum absolute atomic E-state index is 0.0712. The van der Waals surface area contributed by atoms with Crippen molar-refractivity contribution in [1.82, 2.24) is 0 Å². The standard InChI is InChI=1S/C8H10BF3O3/c1-15-7-3-2-5(9(13)14)4-6(7)8(10,11)12/h2-3,6,13-14H,4H2,1H3. The lowest BCUT2D eigenvalue weighted by Crippen LogP contribution is -2.31. The maximum Gasteiger partial charge on any atom is 0.484 e. The summed E-state index contributed by atoms with van der Waals surface area (Å²) in [5, 5.41) is 17.5. The monoisotopic (exact) mass is 222 g/mol. The summed E-state index contributed by atoms with van der Waals surface area (Å²) >= 11 is 0. The molecule has 0 radical (unpaired) electrons. The molecule has 0 aliphatic heterocycles. The summed E-state index contributed by atoms with van der Waals surface area (Å²) in [7, 11) is -0.705. The molecule has 0 heterocycles. The molecule has 0 aromatic rings. The third-order valence-corrected chi connectivity index (χ3v) is 2.21. The van der Waals surface area contributed by atoms with E-state index >= 15 is 0 Å². The number of ether oxygens (including phenoxy) is 1. The van der Waals surface area contributed by atoms with Crippen LogP contribution < -0.4 is 0 Å². The Labute approximate surface area is 85.0 Å². The van der Waals surface area contributed by atoms with Crippen molar-refractivity contribution in [3.63, 3.8) is 0 Å². The first kappa shape index (κ1) is 12.1. The van der Waals surface area contributed by atoms with E-state index in [1.807, 2.05) is 0 Å². The zero-order valence-corrected chi connectivity index (χ0v) is 7.95. The highest BCUT2D eigenvalue weighted by molar-refractivity contribution is 6.50. The fourth-order valence-corrected chi connectivity index (χ4v) is 1.39. The van der Waals surface area contributed by atoms with Gasteiger partial charge >= 0.3 is 13.3 Å². The number of halogens is 3. The van der Waals surface area contributed by atoms with Gasteiger partial charge in [-0.1, -0.05) is 6.08 Å². The third kappa shape index (κ3) is 2.76. The van der Waals surface area contributed by atoms with E-state index in [1.54, 1.807) is 0 Å². The summed E-state index contributed by atoms with van der Waals surface area (Å²) in [5.74, 6) is -2.02. The summed E-state index contributed by atoms with van der Waals surface area (Å²) in [5.41, 5.74) is -0.0712. The Bertz CT molecular complexity index is 296. The molecule has 84 valence electrons. The fourth-order valence-electron chi connectivity index (χ4n) is 1.39. The summed E-state index contributed by atoms with van der Waals surface area (Å²) in [6.07, 6.45) is -2.60. The van der Waals surface area contributed by atoms with Crippen molar-refractivity contribution in [2.24, 2.45) is 5.92 Å². The van der Waals surface area contributed by atoms with Gasteiger partial charge in [-0.25, -0.2) is 0 Å². The van der Waals surface area contributed by atoms with Gasteiger partial charge in [0.2, 0.25) is 0 Å². The molecule has 0 aromatic carbocycles. The van der Waals surface area contributed by atoms with Crippen LogP contribution in [0.1, 0.15) is 6.42 Å². The quantitative estimate of drug-likeness (QED) is 0.686. The molecule has 0 spiro atoms.